The Hall–Kier alpha value is -1.07. The quantitative estimate of drug-likeness (QED) is 0.876. The second-order valence-electron chi connectivity index (χ2n) is 3.87. The smallest absolute Gasteiger partial charge is 0.221 e. The molecule has 6 heteroatoms. The second-order valence-corrected chi connectivity index (χ2v) is 5.05. The van der Waals surface area contributed by atoms with E-state index in [1.807, 2.05) is 22.8 Å². The first-order chi connectivity index (χ1) is 8.65. The van der Waals surface area contributed by atoms with Crippen molar-refractivity contribution in [2.45, 2.75) is 18.8 Å². The summed E-state index contributed by atoms with van der Waals surface area (Å²) in [6.45, 7) is 0.578. The highest BCUT2D eigenvalue weighted by Gasteiger charge is 2.11. The Balaban J connectivity index is 2.39. The van der Waals surface area contributed by atoms with Gasteiger partial charge in [-0.15, -0.1) is 11.6 Å². The van der Waals surface area contributed by atoms with Crippen LogP contribution in [0.15, 0.2) is 22.7 Å². The van der Waals surface area contributed by atoms with Crippen molar-refractivity contribution in [3.05, 3.63) is 28.5 Å². The van der Waals surface area contributed by atoms with Crippen LogP contribution in [0.3, 0.4) is 0 Å². The van der Waals surface area contributed by atoms with E-state index in [1.54, 1.807) is 7.05 Å². The van der Waals surface area contributed by atoms with Gasteiger partial charge in [-0.2, -0.15) is 0 Å². The molecule has 0 aliphatic rings. The molecule has 0 atom stereocenters. The molecule has 0 saturated carbocycles. The molecule has 0 bridgehead atoms. The minimum absolute atomic E-state index is 0.00682. The van der Waals surface area contributed by atoms with E-state index in [0.717, 1.165) is 21.3 Å². The van der Waals surface area contributed by atoms with E-state index in [4.69, 9.17) is 11.6 Å². The Morgan fingerprint density at radius 3 is 3.00 bits per heavy atom. The maximum absolute atomic E-state index is 11.3. The van der Waals surface area contributed by atoms with Gasteiger partial charge in [0.1, 0.15) is 5.82 Å². The van der Waals surface area contributed by atoms with Gasteiger partial charge >= 0.3 is 0 Å². The zero-order valence-electron chi connectivity index (χ0n) is 9.91. The second kappa shape index (κ2) is 5.71. The number of alkyl halides is 1. The Bertz CT molecular complexity index is 582. The van der Waals surface area contributed by atoms with Crippen molar-refractivity contribution in [3.8, 4) is 0 Å². The van der Waals surface area contributed by atoms with Crippen molar-refractivity contribution in [1.82, 2.24) is 14.9 Å². The predicted octanol–water partition coefficient (Wildman–Crippen LogP) is 2.67. The summed E-state index contributed by atoms with van der Waals surface area (Å²) in [6, 6.07) is 5.87. The van der Waals surface area contributed by atoms with E-state index >= 15 is 0 Å². The van der Waals surface area contributed by atoms with Gasteiger partial charge in [0, 0.05) is 24.5 Å². The van der Waals surface area contributed by atoms with Crippen molar-refractivity contribution in [3.63, 3.8) is 0 Å². The Kier molecular flexibility index (Phi) is 4.24. The molecule has 0 fully saturated rings. The number of carbonyl (C=O) groups excluding carboxylic acids is 1. The SMILES string of the molecule is CNC(=O)CCn1c(CCl)nc2ccc(Br)cc21. The van der Waals surface area contributed by atoms with Crippen molar-refractivity contribution in [2.24, 2.45) is 0 Å². The fraction of sp³-hybridized carbons (Fsp3) is 0.333. The first-order valence-corrected chi connectivity index (χ1v) is 6.89. The average Bonchev–Trinajstić information content (AvgIpc) is 2.73. The molecule has 0 aliphatic heterocycles. The van der Waals surface area contributed by atoms with E-state index in [-0.39, 0.29) is 5.91 Å². The Morgan fingerprint density at radius 1 is 1.56 bits per heavy atom. The van der Waals surface area contributed by atoms with Crippen LogP contribution in [0.1, 0.15) is 12.2 Å². The molecule has 96 valence electrons. The van der Waals surface area contributed by atoms with Crippen molar-refractivity contribution < 1.29 is 4.79 Å². The number of rotatable bonds is 4. The lowest BCUT2D eigenvalue weighted by Crippen LogP contribution is -2.19. The number of fused-ring (bicyclic) bond motifs is 1. The number of imidazole rings is 1. The molecular weight excluding hydrogens is 318 g/mol. The molecule has 2 aromatic rings. The number of amides is 1. The fourth-order valence-electron chi connectivity index (χ4n) is 1.84. The van der Waals surface area contributed by atoms with Crippen LogP contribution < -0.4 is 5.32 Å². The standard InChI is InChI=1S/C12H13BrClN3O/c1-15-12(18)4-5-17-10-6-8(13)2-3-9(10)16-11(17)7-14/h2-3,6H,4-5,7H2,1H3,(H,15,18). The van der Waals surface area contributed by atoms with Crippen molar-refractivity contribution >= 4 is 44.5 Å². The summed E-state index contributed by atoms with van der Waals surface area (Å²) in [5.41, 5.74) is 1.88. The third kappa shape index (κ3) is 2.67. The maximum Gasteiger partial charge on any atom is 0.221 e. The lowest BCUT2D eigenvalue weighted by molar-refractivity contribution is -0.120. The van der Waals surface area contributed by atoms with Gasteiger partial charge in [0.25, 0.3) is 0 Å². The molecular formula is C12H13BrClN3O. The first-order valence-electron chi connectivity index (χ1n) is 5.57. The largest absolute Gasteiger partial charge is 0.359 e. The van der Waals surface area contributed by atoms with E-state index < -0.39 is 0 Å². The molecule has 0 aliphatic carbocycles. The molecule has 1 N–H and O–H groups in total. The summed E-state index contributed by atoms with van der Waals surface area (Å²) < 4.78 is 2.97. The minimum atomic E-state index is 0.00682. The highest BCUT2D eigenvalue weighted by molar-refractivity contribution is 9.10. The van der Waals surface area contributed by atoms with Crippen LogP contribution >= 0.6 is 27.5 Å². The van der Waals surface area contributed by atoms with Crippen LogP contribution in [0.5, 0.6) is 0 Å². The third-order valence-electron chi connectivity index (χ3n) is 2.75. The first kappa shape index (κ1) is 13.4. The van der Waals surface area contributed by atoms with Gasteiger partial charge in [0.15, 0.2) is 0 Å². The average molecular weight is 331 g/mol. The number of nitrogens with one attached hydrogen (secondary N) is 1. The fourth-order valence-corrected chi connectivity index (χ4v) is 2.39. The number of carbonyl (C=O) groups is 1. The topological polar surface area (TPSA) is 46.9 Å². The summed E-state index contributed by atoms with van der Waals surface area (Å²) in [5, 5.41) is 2.61. The third-order valence-corrected chi connectivity index (χ3v) is 3.48. The van der Waals surface area contributed by atoms with Crippen molar-refractivity contribution in [1.29, 1.82) is 0 Å². The monoisotopic (exact) mass is 329 g/mol. The summed E-state index contributed by atoms with van der Waals surface area (Å²) >= 11 is 9.34. The Labute approximate surface area is 118 Å². The molecule has 1 amide bonds. The van der Waals surface area contributed by atoms with Gasteiger partial charge < -0.3 is 9.88 Å². The summed E-state index contributed by atoms with van der Waals surface area (Å²) in [6.07, 6.45) is 0.415. The molecule has 1 heterocycles. The van der Waals surface area contributed by atoms with Gasteiger partial charge in [-0.05, 0) is 18.2 Å². The molecule has 0 saturated heterocycles. The van der Waals surface area contributed by atoms with E-state index in [0.29, 0.717) is 18.8 Å². The van der Waals surface area contributed by atoms with Crippen molar-refractivity contribution in [2.75, 3.05) is 7.05 Å². The van der Waals surface area contributed by atoms with Gasteiger partial charge in [-0.1, -0.05) is 15.9 Å². The molecule has 4 nitrogen and oxygen atoms in total. The number of benzene rings is 1. The van der Waals surface area contributed by atoms with Crippen LogP contribution in [0, 0.1) is 0 Å². The van der Waals surface area contributed by atoms with Crippen LogP contribution in [0.25, 0.3) is 11.0 Å². The van der Waals surface area contributed by atoms with Crippen LogP contribution in [0.4, 0.5) is 0 Å². The van der Waals surface area contributed by atoms with Gasteiger partial charge in [0.05, 0.1) is 16.9 Å². The number of halogens is 2. The minimum Gasteiger partial charge on any atom is -0.359 e. The van der Waals surface area contributed by atoms with E-state index in [2.05, 4.69) is 26.2 Å². The van der Waals surface area contributed by atoms with E-state index in [9.17, 15) is 4.79 Å². The predicted molar refractivity (Wildman–Crippen MR) is 75.7 cm³/mol. The molecule has 0 radical (unpaired) electrons. The van der Waals surface area contributed by atoms with Crippen LogP contribution in [-0.4, -0.2) is 22.5 Å². The van der Waals surface area contributed by atoms with Crippen LogP contribution in [0.2, 0.25) is 0 Å². The lowest BCUT2D eigenvalue weighted by atomic mass is 10.3. The summed E-state index contributed by atoms with van der Waals surface area (Å²) in [4.78, 5) is 15.8. The summed E-state index contributed by atoms with van der Waals surface area (Å²) in [7, 11) is 1.63. The molecule has 2 rings (SSSR count). The van der Waals surface area contributed by atoms with E-state index in [1.165, 1.54) is 0 Å². The van der Waals surface area contributed by atoms with Gasteiger partial charge in [0.2, 0.25) is 5.91 Å². The number of hydrogen-bond donors (Lipinski definition) is 1. The highest BCUT2D eigenvalue weighted by atomic mass is 79.9. The maximum atomic E-state index is 11.3. The molecule has 0 spiro atoms. The lowest BCUT2D eigenvalue weighted by Gasteiger charge is -2.07. The Morgan fingerprint density at radius 2 is 2.33 bits per heavy atom. The molecule has 1 aromatic heterocycles. The number of hydrogen-bond acceptors (Lipinski definition) is 2. The number of aromatic nitrogens is 2. The van der Waals surface area contributed by atoms with Gasteiger partial charge in [-0.25, -0.2) is 4.98 Å². The molecule has 18 heavy (non-hydrogen) atoms. The normalized spacial score (nSPS) is 10.8. The highest BCUT2D eigenvalue weighted by Crippen LogP contribution is 2.22. The van der Waals surface area contributed by atoms with Gasteiger partial charge in [-0.3, -0.25) is 4.79 Å². The molecule has 1 aromatic carbocycles. The number of nitrogens with zero attached hydrogens (tertiary/aromatic N) is 2. The zero-order valence-corrected chi connectivity index (χ0v) is 12.3. The van der Waals surface area contributed by atoms with Crippen LogP contribution in [-0.2, 0) is 17.2 Å². The zero-order chi connectivity index (χ0) is 13.1. The summed E-state index contributed by atoms with van der Waals surface area (Å²) in [5.74, 6) is 1.13. The number of aryl methyl sites for hydroxylation is 1. The molecule has 0 unspecified atom stereocenters.